The Morgan fingerprint density at radius 1 is 1.18 bits per heavy atom. The van der Waals surface area contributed by atoms with Crippen LogP contribution < -0.4 is 5.73 Å². The highest BCUT2D eigenvalue weighted by Gasteiger charge is 2.12. The lowest BCUT2D eigenvalue weighted by molar-refractivity contribution is 0.815. The lowest BCUT2D eigenvalue weighted by Gasteiger charge is -2.14. The fourth-order valence-corrected chi connectivity index (χ4v) is 2.03. The number of aromatic nitrogens is 2. The number of hydrogen-bond donors (Lipinski definition) is 1. The van der Waals surface area contributed by atoms with Gasteiger partial charge in [0.15, 0.2) is 0 Å². The molecule has 3 nitrogen and oxygen atoms in total. The molecule has 88 valence electrons. The molecule has 1 atom stereocenters. The van der Waals surface area contributed by atoms with E-state index in [2.05, 4.69) is 51.9 Å². The Kier molecular flexibility index (Phi) is 3.54. The van der Waals surface area contributed by atoms with Gasteiger partial charge in [0.1, 0.15) is 0 Å². The van der Waals surface area contributed by atoms with Gasteiger partial charge < -0.3 is 5.73 Å². The summed E-state index contributed by atoms with van der Waals surface area (Å²) in [5.41, 5.74) is 10.4. The number of benzene rings is 1. The largest absolute Gasteiger partial charge is 0.319 e. The van der Waals surface area contributed by atoms with E-state index < -0.39 is 0 Å². The Morgan fingerprint density at radius 3 is 2.35 bits per heavy atom. The number of hydrogen-bond acceptors (Lipinski definition) is 3. The van der Waals surface area contributed by atoms with Crippen molar-refractivity contribution in [2.75, 3.05) is 0 Å². The molecule has 0 amide bonds. The Hall–Kier alpha value is -1.26. The molecule has 0 saturated carbocycles. The van der Waals surface area contributed by atoms with Crippen LogP contribution in [-0.2, 0) is 0 Å². The average molecular weight is 292 g/mol. The predicted octanol–water partition coefficient (Wildman–Crippen LogP) is 2.90. The normalized spacial score (nSPS) is 12.5. The second kappa shape index (κ2) is 4.94. The van der Waals surface area contributed by atoms with Crippen LogP contribution >= 0.6 is 15.9 Å². The number of nitrogens with two attached hydrogens (primary N) is 1. The fourth-order valence-electron chi connectivity index (χ4n) is 1.80. The molecule has 0 saturated heterocycles. The zero-order valence-corrected chi connectivity index (χ0v) is 11.4. The molecule has 1 unspecified atom stereocenters. The summed E-state index contributed by atoms with van der Waals surface area (Å²) in [5, 5.41) is 0. The standard InChI is InChI=1S/C13H14BrN3/c1-8-5-10(6-9(2)12(8)14)13(15)11-7-16-3-4-17-11/h3-7,13H,15H2,1-2H3. The van der Waals surface area contributed by atoms with Gasteiger partial charge in [0.25, 0.3) is 0 Å². The fraction of sp³-hybridized carbons (Fsp3) is 0.231. The van der Waals surface area contributed by atoms with Crippen molar-refractivity contribution >= 4 is 15.9 Å². The summed E-state index contributed by atoms with van der Waals surface area (Å²) in [6.45, 7) is 4.12. The number of rotatable bonds is 2. The molecule has 1 aromatic heterocycles. The van der Waals surface area contributed by atoms with Crippen molar-refractivity contribution in [2.24, 2.45) is 5.73 Å². The molecule has 0 aliphatic heterocycles. The van der Waals surface area contributed by atoms with E-state index >= 15 is 0 Å². The number of aryl methyl sites for hydroxylation is 2. The summed E-state index contributed by atoms with van der Waals surface area (Å²) >= 11 is 3.55. The SMILES string of the molecule is Cc1cc(C(N)c2cnccn2)cc(C)c1Br. The lowest BCUT2D eigenvalue weighted by Crippen LogP contribution is -2.14. The molecule has 0 aliphatic rings. The van der Waals surface area contributed by atoms with Gasteiger partial charge in [0, 0.05) is 16.9 Å². The molecule has 0 bridgehead atoms. The number of nitrogens with zero attached hydrogens (tertiary/aromatic N) is 2. The van der Waals surface area contributed by atoms with Crippen molar-refractivity contribution < 1.29 is 0 Å². The summed E-state index contributed by atoms with van der Waals surface area (Å²) in [4.78, 5) is 8.28. The third-order valence-corrected chi connectivity index (χ3v) is 3.97. The van der Waals surface area contributed by atoms with E-state index in [1.54, 1.807) is 18.6 Å². The molecule has 2 aromatic rings. The second-order valence-electron chi connectivity index (χ2n) is 4.08. The molecule has 17 heavy (non-hydrogen) atoms. The predicted molar refractivity (Wildman–Crippen MR) is 71.7 cm³/mol. The molecular formula is C13H14BrN3. The Bertz CT molecular complexity index is 502. The zero-order chi connectivity index (χ0) is 12.4. The molecule has 0 fully saturated rings. The molecule has 0 radical (unpaired) electrons. The van der Waals surface area contributed by atoms with Gasteiger partial charge >= 0.3 is 0 Å². The van der Waals surface area contributed by atoms with Crippen molar-refractivity contribution in [3.8, 4) is 0 Å². The molecule has 2 N–H and O–H groups in total. The van der Waals surface area contributed by atoms with Crippen LogP contribution in [0, 0.1) is 13.8 Å². The van der Waals surface area contributed by atoms with E-state index in [9.17, 15) is 0 Å². The summed E-state index contributed by atoms with van der Waals surface area (Å²) in [6, 6.07) is 3.93. The molecule has 0 spiro atoms. The van der Waals surface area contributed by atoms with Crippen LogP contribution in [0.4, 0.5) is 0 Å². The first-order chi connectivity index (χ1) is 8.09. The second-order valence-corrected chi connectivity index (χ2v) is 4.87. The zero-order valence-electron chi connectivity index (χ0n) is 9.81. The van der Waals surface area contributed by atoms with Crippen molar-refractivity contribution in [1.29, 1.82) is 0 Å². The van der Waals surface area contributed by atoms with Gasteiger partial charge in [-0.3, -0.25) is 9.97 Å². The lowest BCUT2D eigenvalue weighted by atomic mass is 10.00. The van der Waals surface area contributed by atoms with Gasteiger partial charge in [-0.2, -0.15) is 0 Å². The quantitative estimate of drug-likeness (QED) is 0.926. The van der Waals surface area contributed by atoms with Crippen molar-refractivity contribution in [3.05, 3.63) is 57.6 Å². The first-order valence-electron chi connectivity index (χ1n) is 5.37. The van der Waals surface area contributed by atoms with Gasteiger partial charge in [-0.05, 0) is 30.5 Å². The minimum Gasteiger partial charge on any atom is -0.319 e. The summed E-state index contributed by atoms with van der Waals surface area (Å²) < 4.78 is 1.13. The van der Waals surface area contributed by atoms with Crippen molar-refractivity contribution in [3.63, 3.8) is 0 Å². The van der Waals surface area contributed by atoms with E-state index in [0.29, 0.717) is 0 Å². The highest BCUT2D eigenvalue weighted by atomic mass is 79.9. The first kappa shape index (κ1) is 12.2. The van der Waals surface area contributed by atoms with Gasteiger partial charge in [0.05, 0.1) is 17.9 Å². The van der Waals surface area contributed by atoms with Crippen LogP contribution in [0.15, 0.2) is 35.2 Å². The van der Waals surface area contributed by atoms with E-state index in [0.717, 1.165) is 15.7 Å². The topological polar surface area (TPSA) is 51.8 Å². The van der Waals surface area contributed by atoms with E-state index in [1.807, 2.05) is 0 Å². The molecule has 4 heteroatoms. The van der Waals surface area contributed by atoms with Gasteiger partial charge in [-0.25, -0.2) is 0 Å². The third kappa shape index (κ3) is 2.53. The average Bonchev–Trinajstić information content (AvgIpc) is 2.35. The number of halogens is 1. The monoisotopic (exact) mass is 291 g/mol. The summed E-state index contributed by atoms with van der Waals surface area (Å²) in [6.07, 6.45) is 5.01. The highest BCUT2D eigenvalue weighted by molar-refractivity contribution is 9.10. The molecule has 1 aromatic carbocycles. The van der Waals surface area contributed by atoms with E-state index in [-0.39, 0.29) is 6.04 Å². The third-order valence-electron chi connectivity index (χ3n) is 2.72. The van der Waals surface area contributed by atoms with Crippen LogP contribution in [0.1, 0.15) is 28.4 Å². The van der Waals surface area contributed by atoms with E-state index in [4.69, 9.17) is 5.73 Å². The smallest absolute Gasteiger partial charge is 0.0799 e. The molecule has 0 aliphatic carbocycles. The van der Waals surface area contributed by atoms with Gasteiger partial charge in [0.2, 0.25) is 0 Å². The maximum Gasteiger partial charge on any atom is 0.0799 e. The minimum atomic E-state index is -0.228. The van der Waals surface area contributed by atoms with Crippen LogP contribution in [0.3, 0.4) is 0 Å². The molecule has 1 heterocycles. The highest BCUT2D eigenvalue weighted by Crippen LogP contribution is 2.26. The molecular weight excluding hydrogens is 278 g/mol. The van der Waals surface area contributed by atoms with Gasteiger partial charge in [-0.1, -0.05) is 28.1 Å². The van der Waals surface area contributed by atoms with Crippen LogP contribution in [-0.4, -0.2) is 9.97 Å². The van der Waals surface area contributed by atoms with Crippen molar-refractivity contribution in [1.82, 2.24) is 9.97 Å². The molecule has 2 rings (SSSR count). The van der Waals surface area contributed by atoms with Crippen LogP contribution in [0.2, 0.25) is 0 Å². The first-order valence-corrected chi connectivity index (χ1v) is 6.17. The van der Waals surface area contributed by atoms with Crippen LogP contribution in [0.5, 0.6) is 0 Å². The Morgan fingerprint density at radius 2 is 1.82 bits per heavy atom. The minimum absolute atomic E-state index is 0.228. The van der Waals surface area contributed by atoms with Crippen molar-refractivity contribution in [2.45, 2.75) is 19.9 Å². The summed E-state index contributed by atoms with van der Waals surface area (Å²) in [5.74, 6) is 0. The Balaban J connectivity index is 2.41. The maximum atomic E-state index is 6.19. The van der Waals surface area contributed by atoms with E-state index in [1.165, 1.54) is 11.1 Å². The maximum absolute atomic E-state index is 6.19. The Labute approximate surface area is 109 Å². The summed E-state index contributed by atoms with van der Waals surface area (Å²) in [7, 11) is 0. The van der Waals surface area contributed by atoms with Gasteiger partial charge in [-0.15, -0.1) is 0 Å². The van der Waals surface area contributed by atoms with Crippen LogP contribution in [0.25, 0.3) is 0 Å².